The number of halogens is 1. The van der Waals surface area contributed by atoms with Gasteiger partial charge in [0, 0.05) is 10.7 Å². The Morgan fingerprint density at radius 2 is 2.06 bits per heavy atom. The van der Waals surface area contributed by atoms with Crippen LogP contribution in [0.15, 0.2) is 53.2 Å². The number of hydrogen-bond donors (Lipinski definition) is 0. The molecule has 1 aromatic carbocycles. The van der Waals surface area contributed by atoms with Gasteiger partial charge in [0.1, 0.15) is 5.75 Å². The average Bonchev–Trinajstić information content (AvgIpc) is 2.30. The van der Waals surface area contributed by atoms with Gasteiger partial charge in [-0.25, -0.2) is 4.79 Å². The zero-order valence-electron chi connectivity index (χ0n) is 8.47. The van der Waals surface area contributed by atoms with Gasteiger partial charge >= 0.3 is 6.09 Å². The number of benzene rings is 1. The molecule has 0 saturated heterocycles. The molecule has 0 bridgehead atoms. The summed E-state index contributed by atoms with van der Waals surface area (Å²) in [5, 5.41) is 0. The highest BCUT2D eigenvalue weighted by Crippen LogP contribution is 2.16. The third-order valence-electron chi connectivity index (χ3n) is 2.05. The molecule has 1 amide bonds. The molecule has 0 aliphatic carbocycles. The second-order valence-electron chi connectivity index (χ2n) is 3.26. The molecule has 0 spiro atoms. The highest BCUT2D eigenvalue weighted by atomic mass is 79.9. The Hall–Kier alpha value is -1.55. The molecule has 0 radical (unpaired) electrons. The van der Waals surface area contributed by atoms with Crippen LogP contribution in [0.2, 0.25) is 0 Å². The van der Waals surface area contributed by atoms with Crippen LogP contribution in [0.3, 0.4) is 0 Å². The van der Waals surface area contributed by atoms with E-state index in [4.69, 9.17) is 4.74 Å². The number of allylic oxidation sites excluding steroid dienone is 2. The van der Waals surface area contributed by atoms with Crippen molar-refractivity contribution in [2.75, 3.05) is 6.54 Å². The number of hydrogen-bond acceptors (Lipinski definition) is 2. The number of amides is 1. The first kappa shape index (κ1) is 11.0. The van der Waals surface area contributed by atoms with Gasteiger partial charge < -0.3 is 4.74 Å². The van der Waals surface area contributed by atoms with Crippen molar-refractivity contribution in [1.29, 1.82) is 0 Å². The fourth-order valence-corrected chi connectivity index (χ4v) is 1.72. The van der Waals surface area contributed by atoms with Gasteiger partial charge in [-0.05, 0) is 24.3 Å². The predicted octanol–water partition coefficient (Wildman–Crippen LogP) is 3.29. The lowest BCUT2D eigenvalue weighted by Gasteiger charge is -2.19. The Balaban J connectivity index is 2.00. The minimum atomic E-state index is -0.382. The van der Waals surface area contributed by atoms with Gasteiger partial charge in [-0.15, -0.1) is 0 Å². The zero-order chi connectivity index (χ0) is 11.4. The minimum Gasteiger partial charge on any atom is -0.410 e. The van der Waals surface area contributed by atoms with Gasteiger partial charge in [-0.1, -0.05) is 34.1 Å². The highest BCUT2D eigenvalue weighted by molar-refractivity contribution is 9.11. The van der Waals surface area contributed by atoms with E-state index in [1.54, 1.807) is 24.4 Å². The smallest absolute Gasteiger partial charge is 0.410 e. The lowest BCUT2D eigenvalue weighted by molar-refractivity contribution is 0.173. The van der Waals surface area contributed by atoms with E-state index in [0.29, 0.717) is 12.3 Å². The van der Waals surface area contributed by atoms with Crippen molar-refractivity contribution < 1.29 is 9.53 Å². The summed E-state index contributed by atoms with van der Waals surface area (Å²) in [6, 6.07) is 9.01. The summed E-state index contributed by atoms with van der Waals surface area (Å²) in [4.78, 5) is 13.2. The van der Waals surface area contributed by atoms with E-state index in [-0.39, 0.29) is 6.09 Å². The van der Waals surface area contributed by atoms with Crippen molar-refractivity contribution >= 4 is 22.0 Å². The van der Waals surface area contributed by atoms with Crippen LogP contribution >= 0.6 is 15.9 Å². The Morgan fingerprint density at radius 3 is 2.75 bits per heavy atom. The number of para-hydroxylation sites is 1. The van der Waals surface area contributed by atoms with Crippen molar-refractivity contribution in [2.24, 2.45) is 0 Å². The maximum Gasteiger partial charge on any atom is 0.419 e. The molecule has 0 N–H and O–H groups in total. The van der Waals surface area contributed by atoms with Gasteiger partial charge in [0.15, 0.2) is 0 Å². The van der Waals surface area contributed by atoms with Gasteiger partial charge in [-0.2, -0.15) is 0 Å². The lowest BCUT2D eigenvalue weighted by atomic mass is 10.3. The van der Waals surface area contributed by atoms with Crippen LogP contribution in [0.4, 0.5) is 4.79 Å². The van der Waals surface area contributed by atoms with E-state index in [1.165, 1.54) is 4.90 Å². The molecular formula is C12H10BrNO2. The van der Waals surface area contributed by atoms with Crippen LogP contribution in [0.5, 0.6) is 5.75 Å². The first-order chi connectivity index (χ1) is 7.75. The van der Waals surface area contributed by atoms with Crippen LogP contribution in [0.25, 0.3) is 0 Å². The summed E-state index contributed by atoms with van der Waals surface area (Å²) in [5.41, 5.74) is 0. The van der Waals surface area contributed by atoms with Gasteiger partial charge in [0.05, 0.1) is 6.54 Å². The molecule has 1 aromatic rings. The summed E-state index contributed by atoms with van der Waals surface area (Å²) >= 11 is 3.34. The number of ether oxygens (including phenoxy) is 1. The largest absolute Gasteiger partial charge is 0.419 e. The normalized spacial score (nSPS) is 14.6. The number of carbonyl (C=O) groups excluding carboxylic acids is 1. The Labute approximate surface area is 102 Å². The standard InChI is InChI=1S/C12H10BrNO2/c13-10-5-4-8-14(9-10)12(15)16-11-6-2-1-3-7-11/h1-8H,9H2. The van der Waals surface area contributed by atoms with Crippen molar-refractivity contribution in [3.63, 3.8) is 0 Å². The quantitative estimate of drug-likeness (QED) is 0.790. The summed E-state index contributed by atoms with van der Waals surface area (Å²) in [6.45, 7) is 0.502. The van der Waals surface area contributed by atoms with Gasteiger partial charge in [0.2, 0.25) is 0 Å². The van der Waals surface area contributed by atoms with Crippen molar-refractivity contribution in [1.82, 2.24) is 4.90 Å². The van der Waals surface area contributed by atoms with Crippen LogP contribution in [0, 0.1) is 0 Å². The molecule has 1 aliphatic rings. The topological polar surface area (TPSA) is 29.5 Å². The third kappa shape index (κ3) is 2.73. The van der Waals surface area contributed by atoms with Gasteiger partial charge in [0.25, 0.3) is 0 Å². The first-order valence-corrected chi connectivity index (χ1v) is 5.61. The monoisotopic (exact) mass is 279 g/mol. The number of carbonyl (C=O) groups is 1. The molecule has 1 heterocycles. The lowest BCUT2D eigenvalue weighted by Crippen LogP contribution is -2.30. The van der Waals surface area contributed by atoms with E-state index in [1.807, 2.05) is 24.3 Å². The third-order valence-corrected chi connectivity index (χ3v) is 2.56. The second-order valence-corrected chi connectivity index (χ2v) is 4.28. The molecule has 3 nitrogen and oxygen atoms in total. The van der Waals surface area contributed by atoms with Crippen LogP contribution in [-0.4, -0.2) is 17.5 Å². The predicted molar refractivity (Wildman–Crippen MR) is 65.3 cm³/mol. The van der Waals surface area contributed by atoms with Crippen molar-refractivity contribution in [3.8, 4) is 5.75 Å². The Morgan fingerprint density at radius 1 is 1.31 bits per heavy atom. The summed E-state index contributed by atoms with van der Waals surface area (Å²) in [5.74, 6) is 0.548. The van der Waals surface area contributed by atoms with E-state index in [0.717, 1.165) is 4.48 Å². The van der Waals surface area contributed by atoms with Crippen LogP contribution in [0.1, 0.15) is 0 Å². The molecule has 4 heteroatoms. The highest BCUT2D eigenvalue weighted by Gasteiger charge is 2.15. The Bertz CT molecular complexity index is 440. The molecule has 1 aliphatic heterocycles. The fraction of sp³-hybridized carbons (Fsp3) is 0.0833. The summed E-state index contributed by atoms with van der Waals surface area (Å²) in [7, 11) is 0. The van der Waals surface area contributed by atoms with Crippen LogP contribution in [-0.2, 0) is 0 Å². The minimum absolute atomic E-state index is 0.382. The molecule has 0 atom stereocenters. The second kappa shape index (κ2) is 4.99. The fourth-order valence-electron chi connectivity index (χ4n) is 1.29. The molecular weight excluding hydrogens is 270 g/mol. The molecule has 0 fully saturated rings. The number of rotatable bonds is 1. The summed E-state index contributed by atoms with van der Waals surface area (Å²) in [6.07, 6.45) is 5.00. The van der Waals surface area contributed by atoms with E-state index < -0.39 is 0 Å². The summed E-state index contributed by atoms with van der Waals surface area (Å²) < 4.78 is 6.13. The SMILES string of the molecule is O=C(Oc1ccccc1)N1C=CC=C(Br)C1. The van der Waals surface area contributed by atoms with E-state index in [2.05, 4.69) is 15.9 Å². The van der Waals surface area contributed by atoms with E-state index in [9.17, 15) is 4.79 Å². The van der Waals surface area contributed by atoms with Crippen LogP contribution < -0.4 is 4.74 Å². The van der Waals surface area contributed by atoms with Crippen molar-refractivity contribution in [2.45, 2.75) is 0 Å². The maximum absolute atomic E-state index is 11.7. The molecule has 0 saturated carbocycles. The Kier molecular flexibility index (Phi) is 3.41. The number of nitrogens with zero attached hydrogens (tertiary/aromatic N) is 1. The molecule has 0 aromatic heterocycles. The van der Waals surface area contributed by atoms with Crippen molar-refractivity contribution in [3.05, 3.63) is 53.2 Å². The molecule has 82 valence electrons. The zero-order valence-corrected chi connectivity index (χ0v) is 10.1. The average molecular weight is 280 g/mol. The first-order valence-electron chi connectivity index (χ1n) is 4.82. The maximum atomic E-state index is 11.7. The molecule has 0 unspecified atom stereocenters. The molecule has 16 heavy (non-hydrogen) atoms. The van der Waals surface area contributed by atoms with Gasteiger partial charge in [-0.3, -0.25) is 4.90 Å². The van der Waals surface area contributed by atoms with E-state index >= 15 is 0 Å². The molecule has 2 rings (SSSR count).